The van der Waals surface area contributed by atoms with Crippen molar-refractivity contribution in [3.63, 3.8) is 0 Å². The molecule has 11 heteroatoms. The molecule has 5 aromatic rings. The lowest BCUT2D eigenvalue weighted by Gasteiger charge is -2.26. The molecule has 6 rings (SSSR count). The summed E-state index contributed by atoms with van der Waals surface area (Å²) in [5.41, 5.74) is 4.79. The minimum Gasteiger partial charge on any atom is -0.486 e. The summed E-state index contributed by atoms with van der Waals surface area (Å²) in [7, 11) is 0. The van der Waals surface area contributed by atoms with E-state index in [4.69, 9.17) is 37.7 Å². The highest BCUT2D eigenvalue weighted by Gasteiger charge is 2.35. The van der Waals surface area contributed by atoms with Gasteiger partial charge in [-0.2, -0.15) is 0 Å². The van der Waals surface area contributed by atoms with Gasteiger partial charge in [-0.25, -0.2) is 9.79 Å². The van der Waals surface area contributed by atoms with E-state index in [0.717, 1.165) is 27.8 Å². The van der Waals surface area contributed by atoms with Gasteiger partial charge in [0.1, 0.15) is 12.4 Å². The van der Waals surface area contributed by atoms with Gasteiger partial charge in [0.2, 0.25) is 0 Å². The molecule has 1 atom stereocenters. The fourth-order valence-electron chi connectivity index (χ4n) is 5.56. The SMILES string of the molecule is CCOC(=O)C1=C(c2ccccc2)N=c2s/c(=C\c3cc(Br)c(OCc4ccc(Cl)cc4Cl)c(Br)c3)c(=O)n2[C@@H]1c1ccc(C(C)C)cc1. The van der Waals surface area contributed by atoms with Crippen LogP contribution >= 0.6 is 66.4 Å². The average Bonchev–Trinajstić information content (AvgIpc) is 3.38. The van der Waals surface area contributed by atoms with Crippen molar-refractivity contribution >= 4 is 84.1 Å². The molecule has 0 saturated heterocycles. The second-order valence-electron chi connectivity index (χ2n) is 11.6. The summed E-state index contributed by atoms with van der Waals surface area (Å²) in [6, 6.07) is 25.8. The van der Waals surface area contributed by atoms with E-state index < -0.39 is 12.0 Å². The number of nitrogens with zero attached hydrogens (tertiary/aromatic N) is 2. The molecular formula is C38H30Br2Cl2N2O4S. The lowest BCUT2D eigenvalue weighted by atomic mass is 9.91. The molecule has 0 aliphatic carbocycles. The van der Waals surface area contributed by atoms with Crippen molar-refractivity contribution < 1.29 is 14.3 Å². The molecule has 1 aromatic heterocycles. The second-order valence-corrected chi connectivity index (χ2v) is 15.2. The maximum absolute atomic E-state index is 14.3. The fraction of sp³-hybridized carbons (Fsp3) is 0.184. The minimum absolute atomic E-state index is 0.185. The number of aromatic nitrogens is 1. The first-order chi connectivity index (χ1) is 23.5. The van der Waals surface area contributed by atoms with Crippen LogP contribution in [0.15, 0.2) is 109 Å². The van der Waals surface area contributed by atoms with E-state index in [1.165, 1.54) is 11.3 Å². The highest BCUT2D eigenvalue weighted by atomic mass is 79.9. The third-order valence-electron chi connectivity index (χ3n) is 8.00. The third-order valence-corrected chi connectivity index (χ3v) is 10.7. The molecule has 0 saturated carbocycles. The van der Waals surface area contributed by atoms with Crippen LogP contribution in [0.25, 0.3) is 11.8 Å². The molecule has 2 heterocycles. The minimum atomic E-state index is -0.747. The Morgan fingerprint density at radius 3 is 2.33 bits per heavy atom. The van der Waals surface area contributed by atoms with E-state index >= 15 is 0 Å². The summed E-state index contributed by atoms with van der Waals surface area (Å²) in [6.07, 6.45) is 1.81. The van der Waals surface area contributed by atoms with E-state index in [1.807, 2.05) is 78.9 Å². The second kappa shape index (κ2) is 15.2. The Bertz CT molecular complexity index is 2240. The molecule has 6 nitrogen and oxygen atoms in total. The topological polar surface area (TPSA) is 69.9 Å². The lowest BCUT2D eigenvalue weighted by Crippen LogP contribution is -2.40. The normalized spacial score (nSPS) is 14.5. The highest BCUT2D eigenvalue weighted by Crippen LogP contribution is 2.37. The Labute approximate surface area is 314 Å². The van der Waals surface area contributed by atoms with Crippen molar-refractivity contribution in [3.8, 4) is 5.75 Å². The van der Waals surface area contributed by atoms with Crippen molar-refractivity contribution in [2.45, 2.75) is 39.3 Å². The molecule has 0 N–H and O–H groups in total. The number of carbonyl (C=O) groups excluding carboxylic acids is 1. The molecule has 0 bridgehead atoms. The van der Waals surface area contributed by atoms with E-state index in [1.54, 1.807) is 23.6 Å². The van der Waals surface area contributed by atoms with E-state index in [2.05, 4.69) is 45.7 Å². The predicted molar refractivity (Wildman–Crippen MR) is 204 cm³/mol. The quantitative estimate of drug-likeness (QED) is 0.139. The summed E-state index contributed by atoms with van der Waals surface area (Å²) in [5.74, 6) is 0.392. The first-order valence-electron chi connectivity index (χ1n) is 15.5. The van der Waals surface area contributed by atoms with Crippen molar-refractivity contribution in [1.29, 1.82) is 0 Å². The number of hydrogen-bond acceptors (Lipinski definition) is 6. The number of ether oxygens (including phenoxy) is 2. The lowest BCUT2D eigenvalue weighted by molar-refractivity contribution is -0.138. The largest absolute Gasteiger partial charge is 0.486 e. The summed E-state index contributed by atoms with van der Waals surface area (Å²) < 4.78 is 15.1. The van der Waals surface area contributed by atoms with Gasteiger partial charge in [0, 0.05) is 21.2 Å². The summed E-state index contributed by atoms with van der Waals surface area (Å²) in [4.78, 5) is 33.5. The van der Waals surface area contributed by atoms with Crippen LogP contribution in [0.4, 0.5) is 0 Å². The van der Waals surface area contributed by atoms with Gasteiger partial charge >= 0.3 is 5.97 Å². The van der Waals surface area contributed by atoms with Gasteiger partial charge in [0.25, 0.3) is 5.56 Å². The number of thiazole rings is 1. The number of fused-ring (bicyclic) bond motifs is 1. The van der Waals surface area contributed by atoms with Gasteiger partial charge in [0.05, 0.1) is 37.4 Å². The average molecular weight is 841 g/mol. The maximum Gasteiger partial charge on any atom is 0.338 e. The predicted octanol–water partition coefficient (Wildman–Crippen LogP) is 9.47. The Balaban J connectivity index is 1.47. The Morgan fingerprint density at radius 2 is 1.69 bits per heavy atom. The van der Waals surface area contributed by atoms with Gasteiger partial charge in [-0.05, 0) is 91.7 Å². The summed E-state index contributed by atoms with van der Waals surface area (Å²) in [6.45, 7) is 6.43. The van der Waals surface area contributed by atoms with E-state index in [0.29, 0.717) is 51.3 Å². The molecule has 250 valence electrons. The zero-order valence-electron chi connectivity index (χ0n) is 26.7. The zero-order valence-corrected chi connectivity index (χ0v) is 32.2. The fourth-order valence-corrected chi connectivity index (χ4v) is 8.47. The molecule has 1 aliphatic heterocycles. The van der Waals surface area contributed by atoms with Crippen molar-refractivity contribution in [3.05, 3.63) is 157 Å². The maximum atomic E-state index is 14.3. The molecule has 0 unspecified atom stereocenters. The standard InChI is InChI=1S/C38H30Br2Cl2N2O4S/c1-4-47-37(46)32-33(24-8-6-5-7-9-24)43-38-44(34(32)25-12-10-23(11-13-25)21(2)3)36(45)31(49-38)18-22-16-28(39)35(29(40)17-22)48-20-26-14-15-27(41)19-30(26)42/h5-19,21,34H,4,20H2,1-3H3/b31-18-/t34-/m1/s1. The van der Waals surface area contributed by atoms with Crippen LogP contribution in [-0.4, -0.2) is 17.1 Å². The van der Waals surface area contributed by atoms with Gasteiger partial charge in [0.15, 0.2) is 4.80 Å². The van der Waals surface area contributed by atoms with Gasteiger partial charge in [-0.15, -0.1) is 0 Å². The van der Waals surface area contributed by atoms with Crippen LogP contribution in [0.5, 0.6) is 5.75 Å². The summed E-state index contributed by atoms with van der Waals surface area (Å²) >= 11 is 20.9. The van der Waals surface area contributed by atoms with Crippen LogP contribution in [0.1, 0.15) is 60.5 Å². The van der Waals surface area contributed by atoms with Crippen molar-refractivity contribution in [2.75, 3.05) is 6.61 Å². The van der Waals surface area contributed by atoms with Gasteiger partial charge < -0.3 is 9.47 Å². The van der Waals surface area contributed by atoms with E-state index in [9.17, 15) is 9.59 Å². The molecule has 0 radical (unpaired) electrons. The zero-order chi connectivity index (χ0) is 34.8. The van der Waals surface area contributed by atoms with Crippen LogP contribution < -0.4 is 19.6 Å². The monoisotopic (exact) mass is 838 g/mol. The Kier molecular flexibility index (Phi) is 11.0. The van der Waals surface area contributed by atoms with Crippen molar-refractivity contribution in [1.82, 2.24) is 4.57 Å². The number of esters is 1. The number of rotatable bonds is 9. The van der Waals surface area contributed by atoms with Crippen LogP contribution in [0, 0.1) is 0 Å². The van der Waals surface area contributed by atoms with Crippen molar-refractivity contribution in [2.24, 2.45) is 4.99 Å². The van der Waals surface area contributed by atoms with Gasteiger partial charge in [-0.1, -0.05) is 109 Å². The van der Waals surface area contributed by atoms with Crippen LogP contribution in [0.2, 0.25) is 10.0 Å². The molecule has 4 aromatic carbocycles. The number of carbonyl (C=O) groups is 1. The smallest absolute Gasteiger partial charge is 0.338 e. The highest BCUT2D eigenvalue weighted by molar-refractivity contribution is 9.11. The Hall–Kier alpha value is -3.47. The number of hydrogen-bond donors (Lipinski definition) is 0. The molecular weight excluding hydrogens is 811 g/mol. The first kappa shape index (κ1) is 35.4. The number of halogens is 4. The first-order valence-corrected chi connectivity index (χ1v) is 18.7. The van der Waals surface area contributed by atoms with Gasteiger partial charge in [-0.3, -0.25) is 9.36 Å². The molecule has 0 fully saturated rings. The Morgan fingerprint density at radius 1 is 1.00 bits per heavy atom. The van der Waals surface area contributed by atoms with Crippen LogP contribution in [-0.2, 0) is 16.1 Å². The molecule has 0 spiro atoms. The molecule has 0 amide bonds. The molecule has 49 heavy (non-hydrogen) atoms. The van der Waals surface area contributed by atoms with E-state index in [-0.39, 0.29) is 18.8 Å². The number of benzene rings is 4. The third kappa shape index (κ3) is 7.51. The van der Waals surface area contributed by atoms with Crippen LogP contribution in [0.3, 0.4) is 0 Å². The summed E-state index contributed by atoms with van der Waals surface area (Å²) in [5, 5.41) is 1.07. The molecule has 1 aliphatic rings.